The zero-order valence-electron chi connectivity index (χ0n) is 31.6. The molecule has 0 spiro atoms. The van der Waals surface area contributed by atoms with Crippen LogP contribution in [-0.2, 0) is 15.2 Å². The fourth-order valence-corrected chi connectivity index (χ4v) is 9.19. The largest absolute Gasteiger partial charge is 0.375 e. The molecule has 2 fully saturated rings. The van der Waals surface area contributed by atoms with Crippen LogP contribution in [0.25, 0.3) is 5.57 Å². The highest BCUT2D eigenvalue weighted by molar-refractivity contribution is 6.08. The molecule has 2 aliphatic carbocycles. The number of nitrogens with one attached hydrogen (secondary N) is 1. The van der Waals surface area contributed by atoms with Gasteiger partial charge in [-0.15, -0.1) is 0 Å². The summed E-state index contributed by atoms with van der Waals surface area (Å²) in [5.74, 6) is -2.40. The number of likely N-dealkylation sites (tertiary alicyclic amines) is 1. The minimum atomic E-state index is -1.63. The van der Waals surface area contributed by atoms with Gasteiger partial charge < -0.3 is 10.4 Å². The number of amides is 2. The predicted octanol–water partition coefficient (Wildman–Crippen LogP) is 8.51. The van der Waals surface area contributed by atoms with Crippen LogP contribution in [0.3, 0.4) is 0 Å². The molecule has 1 aliphatic heterocycles. The Morgan fingerprint density at radius 2 is 1.31 bits per heavy atom. The van der Waals surface area contributed by atoms with Crippen molar-refractivity contribution < 1.29 is 14.7 Å². The van der Waals surface area contributed by atoms with Gasteiger partial charge >= 0.3 is 0 Å². The van der Waals surface area contributed by atoms with Crippen molar-refractivity contribution in [2.45, 2.75) is 76.7 Å². The Morgan fingerprint density at radius 1 is 0.704 bits per heavy atom. The first kappa shape index (κ1) is 37.6. The van der Waals surface area contributed by atoms with Gasteiger partial charge in [0.25, 0.3) is 0 Å². The average molecular weight is 723 g/mol. The lowest BCUT2D eigenvalue weighted by atomic mass is 9.71. The van der Waals surface area contributed by atoms with Crippen LogP contribution in [0.1, 0.15) is 93.6 Å². The van der Waals surface area contributed by atoms with Crippen molar-refractivity contribution in [1.29, 1.82) is 0 Å². The standard InChI is InChI=1S/C47H54N4O3/c1-2-3-4-5-6-7-8-9-10-19-28-48-31-32-51-45(52)42-36-33-37(47(54,35-24-15-12-16-25-35)39-27-18-21-30-50-39)43(44(42)46(51)53)41(36)40(34-22-13-11-14-23-34)38-26-17-20-29-49-38/h11-18,20-27,29-30,33,36,42-44,48,54H,2-10,19,28,31-32H2,1H3. The van der Waals surface area contributed by atoms with Crippen molar-refractivity contribution in [3.05, 3.63) is 149 Å². The number of rotatable bonds is 19. The summed E-state index contributed by atoms with van der Waals surface area (Å²) in [5, 5.41) is 16.6. The van der Waals surface area contributed by atoms with Crippen molar-refractivity contribution in [3.63, 3.8) is 0 Å². The topological polar surface area (TPSA) is 95.4 Å². The lowest BCUT2D eigenvalue weighted by Crippen LogP contribution is -2.40. The maximum Gasteiger partial charge on any atom is 0.234 e. The molecule has 3 aliphatic rings. The molecule has 1 saturated heterocycles. The maximum atomic E-state index is 14.6. The van der Waals surface area contributed by atoms with Gasteiger partial charge in [0.1, 0.15) is 0 Å². The zero-order valence-corrected chi connectivity index (χ0v) is 31.6. The van der Waals surface area contributed by atoms with Gasteiger partial charge in [-0.25, -0.2) is 0 Å². The van der Waals surface area contributed by atoms with E-state index in [2.05, 4.69) is 35.4 Å². The number of benzene rings is 2. The number of carbonyl (C=O) groups is 2. The van der Waals surface area contributed by atoms with Crippen molar-refractivity contribution in [2.75, 3.05) is 19.6 Å². The molecule has 2 amide bonds. The quantitative estimate of drug-likeness (QED) is 0.0573. The van der Waals surface area contributed by atoms with Crippen LogP contribution in [0.15, 0.2) is 127 Å². The highest BCUT2D eigenvalue weighted by atomic mass is 16.3. The number of unbranched alkanes of at least 4 members (excludes halogenated alkanes) is 9. The second kappa shape index (κ2) is 17.6. The Hall–Kier alpha value is -4.72. The molecule has 5 atom stereocenters. The Bertz CT molecular complexity index is 1830. The van der Waals surface area contributed by atoms with Crippen molar-refractivity contribution >= 4 is 17.4 Å². The highest BCUT2D eigenvalue weighted by Crippen LogP contribution is 2.64. The van der Waals surface area contributed by atoms with Gasteiger partial charge in [0.05, 0.1) is 23.2 Å². The van der Waals surface area contributed by atoms with Crippen LogP contribution in [-0.4, -0.2) is 51.4 Å². The van der Waals surface area contributed by atoms with Crippen LogP contribution < -0.4 is 5.32 Å². The van der Waals surface area contributed by atoms with E-state index in [-0.39, 0.29) is 11.8 Å². The van der Waals surface area contributed by atoms with E-state index in [0.717, 1.165) is 35.4 Å². The summed E-state index contributed by atoms with van der Waals surface area (Å²) in [4.78, 5) is 40.0. The summed E-state index contributed by atoms with van der Waals surface area (Å²) in [6, 6.07) is 31.1. The monoisotopic (exact) mass is 722 g/mol. The number of aliphatic hydroxyl groups is 1. The number of hydrogen-bond donors (Lipinski definition) is 2. The molecule has 7 nitrogen and oxygen atoms in total. The molecule has 280 valence electrons. The molecule has 2 aromatic carbocycles. The van der Waals surface area contributed by atoms with Gasteiger partial charge in [-0.1, -0.05) is 144 Å². The third-order valence-corrected chi connectivity index (χ3v) is 11.8. The van der Waals surface area contributed by atoms with Crippen LogP contribution in [0, 0.1) is 23.7 Å². The molecule has 54 heavy (non-hydrogen) atoms. The number of pyridine rings is 2. The molecule has 4 aromatic rings. The van der Waals surface area contributed by atoms with Crippen molar-refractivity contribution in [3.8, 4) is 0 Å². The number of carbonyl (C=O) groups excluding carboxylic acids is 2. The van der Waals surface area contributed by atoms with E-state index in [1.165, 1.54) is 62.7 Å². The molecule has 7 heteroatoms. The number of imide groups is 1. The number of hydrogen-bond acceptors (Lipinski definition) is 6. The van der Waals surface area contributed by atoms with Crippen LogP contribution in [0.5, 0.6) is 0 Å². The Balaban J connectivity index is 1.15. The van der Waals surface area contributed by atoms with E-state index in [1.807, 2.05) is 84.9 Å². The van der Waals surface area contributed by atoms with Gasteiger partial charge in [-0.3, -0.25) is 24.5 Å². The third-order valence-electron chi connectivity index (χ3n) is 11.8. The van der Waals surface area contributed by atoms with Crippen molar-refractivity contribution in [2.24, 2.45) is 23.7 Å². The van der Waals surface area contributed by atoms with E-state index >= 15 is 0 Å². The number of nitrogens with zero attached hydrogens (tertiary/aromatic N) is 3. The first-order valence-corrected chi connectivity index (χ1v) is 20.2. The lowest BCUT2D eigenvalue weighted by Gasteiger charge is -2.36. The van der Waals surface area contributed by atoms with Gasteiger partial charge in [-0.2, -0.15) is 0 Å². The molecular weight excluding hydrogens is 669 g/mol. The fraction of sp³-hybridized carbons (Fsp3) is 0.404. The summed E-state index contributed by atoms with van der Waals surface area (Å²) in [5.41, 5.74) is 3.83. The number of allylic oxidation sites excluding steroid dienone is 2. The minimum absolute atomic E-state index is 0.124. The molecule has 0 radical (unpaired) electrons. The second-order valence-electron chi connectivity index (χ2n) is 15.1. The minimum Gasteiger partial charge on any atom is -0.375 e. The smallest absolute Gasteiger partial charge is 0.234 e. The fourth-order valence-electron chi connectivity index (χ4n) is 9.19. The molecule has 3 heterocycles. The summed E-state index contributed by atoms with van der Waals surface area (Å²) < 4.78 is 0. The maximum absolute atomic E-state index is 14.6. The van der Waals surface area contributed by atoms with Gasteiger partial charge in [0.15, 0.2) is 5.60 Å². The predicted molar refractivity (Wildman–Crippen MR) is 214 cm³/mol. The van der Waals surface area contributed by atoms with Crippen LogP contribution >= 0.6 is 0 Å². The van der Waals surface area contributed by atoms with E-state index in [1.54, 1.807) is 12.4 Å². The van der Waals surface area contributed by atoms with Crippen LogP contribution in [0.2, 0.25) is 0 Å². The van der Waals surface area contributed by atoms with Crippen LogP contribution in [0.4, 0.5) is 0 Å². The van der Waals surface area contributed by atoms with E-state index in [9.17, 15) is 14.7 Å². The summed E-state index contributed by atoms with van der Waals surface area (Å²) >= 11 is 0. The van der Waals surface area contributed by atoms with Crippen molar-refractivity contribution in [1.82, 2.24) is 20.2 Å². The first-order valence-electron chi connectivity index (χ1n) is 20.2. The van der Waals surface area contributed by atoms with E-state index in [4.69, 9.17) is 4.98 Å². The van der Waals surface area contributed by atoms with Gasteiger partial charge in [0.2, 0.25) is 11.8 Å². The van der Waals surface area contributed by atoms with Gasteiger partial charge in [-0.05, 0) is 59.5 Å². The normalized spacial score (nSPS) is 22.3. The van der Waals surface area contributed by atoms with E-state index < -0.39 is 29.3 Å². The molecule has 1 saturated carbocycles. The molecule has 5 unspecified atom stereocenters. The Morgan fingerprint density at radius 3 is 1.96 bits per heavy atom. The second-order valence-corrected chi connectivity index (χ2v) is 15.1. The summed E-state index contributed by atoms with van der Waals surface area (Å²) in [7, 11) is 0. The highest BCUT2D eigenvalue weighted by Gasteiger charge is 2.66. The SMILES string of the molecule is CCCCCCCCCCCCNCCN1C(=O)C2C3C=C(C(O)(c4ccccc4)c4ccccn4)C(C3=C(c3ccccc3)c3ccccn3)C2C1=O. The molecular formula is C47H54N4O3. The van der Waals surface area contributed by atoms with Gasteiger partial charge in [0, 0.05) is 42.9 Å². The molecule has 2 N–H and O–H groups in total. The summed E-state index contributed by atoms with van der Waals surface area (Å²) in [6.07, 6.45) is 18.4. The Labute approximate surface area is 320 Å². The molecule has 2 bridgehead atoms. The summed E-state index contributed by atoms with van der Waals surface area (Å²) in [6.45, 7) is 4.04. The average Bonchev–Trinajstić information content (AvgIpc) is 3.83. The third kappa shape index (κ3) is 7.49. The number of fused-ring (bicyclic) bond motifs is 5. The lowest BCUT2D eigenvalue weighted by molar-refractivity contribution is -0.140. The molecule has 2 aromatic heterocycles. The van der Waals surface area contributed by atoms with E-state index in [0.29, 0.717) is 29.9 Å². The zero-order chi connectivity index (χ0) is 37.3. The molecule has 7 rings (SSSR count). The number of aromatic nitrogens is 2. The Kier molecular flexibility index (Phi) is 12.3. The first-order chi connectivity index (χ1) is 26.6.